The average molecular weight is 475 g/mol. The maximum Gasteiger partial charge on any atom is 0.416 e. The van der Waals surface area contributed by atoms with Gasteiger partial charge in [-0.25, -0.2) is 9.78 Å². The molecule has 0 aliphatic heterocycles. The first kappa shape index (κ1) is 22.8. The van der Waals surface area contributed by atoms with Gasteiger partial charge < -0.3 is 9.84 Å². The normalized spacial score (nSPS) is 12.3. The van der Waals surface area contributed by atoms with Crippen LogP contribution in [0.1, 0.15) is 30.0 Å². The third kappa shape index (κ3) is 4.56. The second-order valence-corrected chi connectivity index (χ2v) is 9.10. The van der Waals surface area contributed by atoms with Crippen LogP contribution in [-0.2, 0) is 17.5 Å². The Labute approximate surface area is 191 Å². The van der Waals surface area contributed by atoms with Gasteiger partial charge in [0, 0.05) is 15.8 Å². The molecule has 2 heterocycles. The van der Waals surface area contributed by atoms with Gasteiger partial charge in [0.15, 0.2) is 5.60 Å². The number of para-hydroxylation sites is 1. The monoisotopic (exact) mass is 475 g/mol. The van der Waals surface area contributed by atoms with Crippen LogP contribution in [0.2, 0.25) is 0 Å². The van der Waals surface area contributed by atoms with Crippen LogP contribution in [0.3, 0.4) is 0 Å². The lowest BCUT2D eigenvalue weighted by molar-refractivity contribution is -0.152. The fourth-order valence-corrected chi connectivity index (χ4v) is 4.32. The number of hydrogen-bond acceptors (Lipinski definition) is 5. The number of ether oxygens (including phenoxy) is 1. The van der Waals surface area contributed by atoms with Crippen molar-refractivity contribution in [3.05, 3.63) is 64.8 Å². The Balaban J connectivity index is 1.66. The summed E-state index contributed by atoms with van der Waals surface area (Å²) in [6.45, 7) is 5.12. The van der Waals surface area contributed by atoms with Crippen molar-refractivity contribution in [1.82, 2.24) is 14.8 Å². The summed E-state index contributed by atoms with van der Waals surface area (Å²) in [4.78, 5) is 16.9. The molecule has 0 unspecified atom stereocenters. The van der Waals surface area contributed by atoms with E-state index in [1.54, 1.807) is 23.0 Å². The van der Waals surface area contributed by atoms with E-state index in [-0.39, 0.29) is 0 Å². The second-order valence-electron chi connectivity index (χ2n) is 8.02. The molecule has 4 rings (SSSR count). The molecule has 172 valence electrons. The number of aromatic nitrogens is 3. The maximum absolute atomic E-state index is 12.8. The number of benzene rings is 2. The minimum absolute atomic E-state index is 0.349. The molecule has 10 heteroatoms. The molecule has 6 nitrogen and oxygen atoms in total. The summed E-state index contributed by atoms with van der Waals surface area (Å²) in [5.74, 6) is -0.701. The predicted molar refractivity (Wildman–Crippen MR) is 118 cm³/mol. The molecule has 0 spiro atoms. The number of carboxylic acid groups (broad SMARTS) is 1. The van der Waals surface area contributed by atoms with Crippen LogP contribution in [0.5, 0.6) is 5.75 Å². The third-order valence-corrected chi connectivity index (χ3v) is 6.34. The Bertz CT molecular complexity index is 1320. The van der Waals surface area contributed by atoms with Crippen molar-refractivity contribution in [3.63, 3.8) is 0 Å². The molecular formula is C23H20F3N3O3S. The van der Waals surface area contributed by atoms with Gasteiger partial charge in [-0.15, -0.1) is 11.3 Å². The summed E-state index contributed by atoms with van der Waals surface area (Å²) < 4.78 is 46.0. The molecule has 0 bridgehead atoms. The number of aryl methyl sites for hydroxylation is 1. The number of nitrogens with zero attached hydrogens (tertiary/aromatic N) is 3. The molecule has 1 N–H and O–H groups in total. The van der Waals surface area contributed by atoms with Gasteiger partial charge in [-0.1, -0.05) is 24.3 Å². The summed E-state index contributed by atoms with van der Waals surface area (Å²) in [5.41, 5.74) is -0.155. The standard InChI is InChI=1S/C23H20F3N3O3S/c1-13-18(33-20(28-13)14-7-9-16(10-8-14)23(24,25)26)12-29-19-15(11-27-29)5-4-6-17(19)32-22(2,3)21(30)31/h4-11H,12H2,1-3H3,(H,30,31). The summed E-state index contributed by atoms with van der Waals surface area (Å²) in [6.07, 6.45) is -2.72. The van der Waals surface area contributed by atoms with Gasteiger partial charge in [-0.2, -0.15) is 18.3 Å². The van der Waals surface area contributed by atoms with Gasteiger partial charge in [0.1, 0.15) is 16.3 Å². The molecule has 2 aromatic heterocycles. The van der Waals surface area contributed by atoms with Crippen LogP contribution in [0, 0.1) is 6.92 Å². The highest BCUT2D eigenvalue weighted by molar-refractivity contribution is 7.15. The molecule has 33 heavy (non-hydrogen) atoms. The number of halogens is 3. The fraction of sp³-hybridized carbons (Fsp3) is 0.261. The van der Waals surface area contributed by atoms with E-state index >= 15 is 0 Å². The SMILES string of the molecule is Cc1nc(-c2ccc(C(F)(F)F)cc2)sc1Cn1ncc2cccc(OC(C)(C)C(=O)O)c21. The number of rotatable bonds is 6. The molecule has 0 saturated heterocycles. The number of thiazole rings is 1. The molecule has 0 atom stereocenters. The minimum atomic E-state index is -4.39. The van der Waals surface area contributed by atoms with Crippen LogP contribution < -0.4 is 4.74 Å². The first-order valence-electron chi connectivity index (χ1n) is 9.96. The van der Waals surface area contributed by atoms with Gasteiger partial charge in [-0.05, 0) is 39.0 Å². The third-order valence-electron chi connectivity index (χ3n) is 5.15. The summed E-state index contributed by atoms with van der Waals surface area (Å²) in [5, 5.41) is 15.3. The van der Waals surface area contributed by atoms with Gasteiger partial charge in [0.2, 0.25) is 0 Å². The second kappa shape index (κ2) is 8.18. The molecule has 0 fully saturated rings. The van der Waals surface area contributed by atoms with E-state index in [1.807, 2.05) is 13.0 Å². The number of carbonyl (C=O) groups is 1. The summed E-state index contributed by atoms with van der Waals surface area (Å²) in [7, 11) is 0. The van der Waals surface area contributed by atoms with E-state index in [4.69, 9.17) is 4.74 Å². The molecule has 0 aliphatic carbocycles. The smallest absolute Gasteiger partial charge is 0.416 e. The highest BCUT2D eigenvalue weighted by Crippen LogP contribution is 2.34. The lowest BCUT2D eigenvalue weighted by Gasteiger charge is -2.22. The van der Waals surface area contributed by atoms with Crippen molar-refractivity contribution in [3.8, 4) is 16.3 Å². The Morgan fingerprint density at radius 3 is 2.48 bits per heavy atom. The van der Waals surface area contributed by atoms with E-state index in [0.717, 1.165) is 28.1 Å². The quantitative estimate of drug-likeness (QED) is 0.383. The Hall–Kier alpha value is -3.40. The van der Waals surface area contributed by atoms with Crippen molar-refractivity contribution >= 4 is 28.2 Å². The maximum atomic E-state index is 12.8. The van der Waals surface area contributed by atoms with Gasteiger partial charge in [0.25, 0.3) is 0 Å². The van der Waals surface area contributed by atoms with Crippen molar-refractivity contribution in [2.45, 2.75) is 39.1 Å². The van der Waals surface area contributed by atoms with Crippen LogP contribution in [0.4, 0.5) is 13.2 Å². The lowest BCUT2D eigenvalue weighted by atomic mass is 10.1. The molecule has 0 amide bonds. The van der Waals surface area contributed by atoms with Crippen molar-refractivity contribution < 1.29 is 27.8 Å². The topological polar surface area (TPSA) is 77.2 Å². The number of hydrogen-bond donors (Lipinski definition) is 1. The number of alkyl halides is 3. The predicted octanol–water partition coefficient (Wildman–Crippen LogP) is 5.78. The van der Waals surface area contributed by atoms with E-state index in [2.05, 4.69) is 10.1 Å². The van der Waals surface area contributed by atoms with Crippen molar-refractivity contribution in [2.24, 2.45) is 0 Å². The number of aliphatic carboxylic acids is 1. The first-order chi connectivity index (χ1) is 15.5. The fourth-order valence-electron chi connectivity index (χ4n) is 3.27. The van der Waals surface area contributed by atoms with E-state index in [9.17, 15) is 23.1 Å². The lowest BCUT2D eigenvalue weighted by Crippen LogP contribution is -2.38. The zero-order chi connectivity index (χ0) is 24.0. The average Bonchev–Trinajstić information content (AvgIpc) is 3.32. The molecule has 2 aromatic carbocycles. The Kier molecular flexibility index (Phi) is 5.65. The summed E-state index contributed by atoms with van der Waals surface area (Å²) >= 11 is 1.37. The van der Waals surface area contributed by atoms with Crippen LogP contribution in [0.25, 0.3) is 21.5 Å². The molecule has 0 aliphatic rings. The molecular weight excluding hydrogens is 455 g/mol. The van der Waals surface area contributed by atoms with Gasteiger partial charge in [0.05, 0.1) is 24.0 Å². The largest absolute Gasteiger partial charge is 0.478 e. The highest BCUT2D eigenvalue weighted by Gasteiger charge is 2.31. The molecule has 4 aromatic rings. The van der Waals surface area contributed by atoms with Crippen LogP contribution in [-0.4, -0.2) is 31.4 Å². The van der Waals surface area contributed by atoms with Crippen LogP contribution in [0.15, 0.2) is 48.7 Å². The van der Waals surface area contributed by atoms with Gasteiger partial charge >= 0.3 is 12.1 Å². The Morgan fingerprint density at radius 2 is 1.85 bits per heavy atom. The van der Waals surface area contributed by atoms with Crippen molar-refractivity contribution in [2.75, 3.05) is 0 Å². The van der Waals surface area contributed by atoms with Crippen molar-refractivity contribution in [1.29, 1.82) is 0 Å². The van der Waals surface area contributed by atoms with Crippen LogP contribution >= 0.6 is 11.3 Å². The number of carboxylic acids is 1. The van der Waals surface area contributed by atoms with E-state index < -0.39 is 23.3 Å². The first-order valence-corrected chi connectivity index (χ1v) is 10.8. The Morgan fingerprint density at radius 1 is 1.15 bits per heavy atom. The highest BCUT2D eigenvalue weighted by atomic mass is 32.1. The molecule has 0 radical (unpaired) electrons. The summed E-state index contributed by atoms with van der Waals surface area (Å²) in [6, 6.07) is 10.2. The zero-order valence-electron chi connectivity index (χ0n) is 18.0. The van der Waals surface area contributed by atoms with E-state index in [1.165, 1.54) is 37.3 Å². The van der Waals surface area contributed by atoms with E-state index in [0.29, 0.717) is 28.4 Å². The minimum Gasteiger partial charge on any atom is -0.478 e. The molecule has 0 saturated carbocycles. The number of fused-ring (bicyclic) bond motifs is 1. The zero-order valence-corrected chi connectivity index (χ0v) is 18.8. The van der Waals surface area contributed by atoms with Gasteiger partial charge in [-0.3, -0.25) is 4.68 Å².